The molecular weight excluding hydrogens is 140 g/mol. The van der Waals surface area contributed by atoms with Crippen LogP contribution in [0.3, 0.4) is 0 Å². The predicted molar refractivity (Wildman–Crippen MR) is 43.4 cm³/mol. The quantitative estimate of drug-likeness (QED) is 0.579. The highest BCUT2D eigenvalue weighted by Gasteiger charge is 2.47. The van der Waals surface area contributed by atoms with Crippen molar-refractivity contribution in [3.8, 4) is 0 Å². The molecule has 3 heteroatoms. The highest BCUT2D eigenvalue weighted by Crippen LogP contribution is 2.27. The van der Waals surface area contributed by atoms with Crippen LogP contribution < -0.4 is 5.32 Å². The van der Waals surface area contributed by atoms with Crippen LogP contribution in [0.5, 0.6) is 0 Å². The minimum absolute atomic E-state index is 0.216. The van der Waals surface area contributed by atoms with Crippen molar-refractivity contribution in [2.45, 2.75) is 25.6 Å². The third-order valence-electron chi connectivity index (χ3n) is 2.66. The van der Waals surface area contributed by atoms with Gasteiger partial charge < -0.3 is 4.74 Å². The van der Waals surface area contributed by atoms with Gasteiger partial charge in [-0.1, -0.05) is 0 Å². The SMILES string of the molecule is CC(C)N1CCNC12COC2. The zero-order valence-electron chi connectivity index (χ0n) is 7.26. The summed E-state index contributed by atoms with van der Waals surface area (Å²) in [6, 6.07) is 0.633. The molecule has 2 aliphatic rings. The van der Waals surface area contributed by atoms with E-state index < -0.39 is 0 Å². The zero-order chi connectivity index (χ0) is 7.90. The maximum atomic E-state index is 5.24. The molecule has 0 aliphatic carbocycles. The summed E-state index contributed by atoms with van der Waals surface area (Å²) in [5.74, 6) is 0. The normalized spacial score (nSPS) is 29.7. The summed E-state index contributed by atoms with van der Waals surface area (Å²) in [7, 11) is 0. The van der Waals surface area contributed by atoms with Gasteiger partial charge in [-0.05, 0) is 13.8 Å². The van der Waals surface area contributed by atoms with Crippen molar-refractivity contribution in [3.63, 3.8) is 0 Å². The van der Waals surface area contributed by atoms with Crippen molar-refractivity contribution in [1.82, 2.24) is 10.2 Å². The number of nitrogens with one attached hydrogen (secondary N) is 1. The van der Waals surface area contributed by atoms with Gasteiger partial charge in [0.1, 0.15) is 5.66 Å². The average Bonchev–Trinajstić information content (AvgIpc) is 2.27. The summed E-state index contributed by atoms with van der Waals surface area (Å²) in [4.78, 5) is 2.50. The first-order valence-electron chi connectivity index (χ1n) is 4.34. The first kappa shape index (κ1) is 7.53. The topological polar surface area (TPSA) is 24.5 Å². The molecule has 2 fully saturated rings. The Bertz CT molecular complexity index is 154. The summed E-state index contributed by atoms with van der Waals surface area (Å²) in [5, 5.41) is 3.50. The summed E-state index contributed by atoms with van der Waals surface area (Å²) >= 11 is 0. The first-order chi connectivity index (χ1) is 5.25. The molecule has 0 bridgehead atoms. The second-order valence-electron chi connectivity index (χ2n) is 3.74. The second-order valence-corrected chi connectivity index (χ2v) is 3.74. The van der Waals surface area contributed by atoms with Gasteiger partial charge in [-0.3, -0.25) is 10.2 Å². The maximum absolute atomic E-state index is 5.24. The molecule has 64 valence electrons. The molecule has 1 N–H and O–H groups in total. The van der Waals surface area contributed by atoms with Crippen LogP contribution in [0, 0.1) is 0 Å². The number of hydrogen-bond donors (Lipinski definition) is 1. The standard InChI is InChI=1S/C8H16N2O/c1-7(2)10-4-3-9-8(10)5-11-6-8/h7,9H,3-6H2,1-2H3. The Morgan fingerprint density at radius 1 is 1.45 bits per heavy atom. The van der Waals surface area contributed by atoms with Crippen LogP contribution >= 0.6 is 0 Å². The van der Waals surface area contributed by atoms with Crippen LogP contribution in [-0.4, -0.2) is 42.9 Å². The number of rotatable bonds is 1. The minimum atomic E-state index is 0.216. The molecule has 0 atom stereocenters. The summed E-state index contributed by atoms with van der Waals surface area (Å²) in [5.41, 5.74) is 0.216. The van der Waals surface area contributed by atoms with Crippen molar-refractivity contribution < 1.29 is 4.74 Å². The van der Waals surface area contributed by atoms with E-state index >= 15 is 0 Å². The zero-order valence-corrected chi connectivity index (χ0v) is 7.26. The van der Waals surface area contributed by atoms with Gasteiger partial charge >= 0.3 is 0 Å². The van der Waals surface area contributed by atoms with E-state index in [0.717, 1.165) is 19.8 Å². The fourth-order valence-electron chi connectivity index (χ4n) is 2.04. The molecule has 0 saturated carbocycles. The van der Waals surface area contributed by atoms with E-state index in [2.05, 4.69) is 24.1 Å². The van der Waals surface area contributed by atoms with E-state index in [1.807, 2.05) is 0 Å². The number of hydrogen-bond acceptors (Lipinski definition) is 3. The van der Waals surface area contributed by atoms with E-state index in [9.17, 15) is 0 Å². The van der Waals surface area contributed by atoms with E-state index in [1.54, 1.807) is 0 Å². The average molecular weight is 156 g/mol. The first-order valence-corrected chi connectivity index (χ1v) is 4.34. The molecule has 2 rings (SSSR count). The van der Waals surface area contributed by atoms with Crippen LogP contribution in [0.25, 0.3) is 0 Å². The molecule has 2 aliphatic heterocycles. The fraction of sp³-hybridized carbons (Fsp3) is 1.00. The fourth-order valence-corrected chi connectivity index (χ4v) is 2.04. The van der Waals surface area contributed by atoms with Crippen molar-refractivity contribution in [2.75, 3.05) is 26.3 Å². The smallest absolute Gasteiger partial charge is 0.120 e. The van der Waals surface area contributed by atoms with Gasteiger partial charge in [-0.15, -0.1) is 0 Å². The van der Waals surface area contributed by atoms with E-state index in [0.29, 0.717) is 6.04 Å². The third kappa shape index (κ3) is 0.991. The Balaban J connectivity index is 2.07. The van der Waals surface area contributed by atoms with Crippen LogP contribution in [0.15, 0.2) is 0 Å². The molecule has 0 unspecified atom stereocenters. The van der Waals surface area contributed by atoms with E-state index in [4.69, 9.17) is 4.74 Å². The molecular formula is C8H16N2O. The van der Waals surface area contributed by atoms with Gasteiger partial charge in [0.25, 0.3) is 0 Å². The molecule has 0 aromatic carbocycles. The molecule has 2 saturated heterocycles. The Morgan fingerprint density at radius 3 is 2.55 bits per heavy atom. The summed E-state index contributed by atoms with van der Waals surface area (Å²) in [6.07, 6.45) is 0. The molecule has 0 aromatic rings. The van der Waals surface area contributed by atoms with Gasteiger partial charge in [0, 0.05) is 19.1 Å². The number of ether oxygens (including phenoxy) is 1. The van der Waals surface area contributed by atoms with Crippen LogP contribution in [0.2, 0.25) is 0 Å². The van der Waals surface area contributed by atoms with Crippen LogP contribution in [0.4, 0.5) is 0 Å². The summed E-state index contributed by atoms with van der Waals surface area (Å²) in [6.45, 7) is 8.50. The van der Waals surface area contributed by atoms with Gasteiger partial charge in [-0.2, -0.15) is 0 Å². The molecule has 0 radical (unpaired) electrons. The lowest BCUT2D eigenvalue weighted by atomic mass is 10.1. The van der Waals surface area contributed by atoms with Gasteiger partial charge in [0.05, 0.1) is 13.2 Å². The predicted octanol–water partition coefficient (Wildman–Crippen LogP) is 0.0265. The lowest BCUT2D eigenvalue weighted by Crippen LogP contribution is -2.66. The van der Waals surface area contributed by atoms with Gasteiger partial charge in [-0.25, -0.2) is 0 Å². The Hall–Kier alpha value is -0.120. The lowest BCUT2D eigenvalue weighted by Gasteiger charge is -2.46. The van der Waals surface area contributed by atoms with Gasteiger partial charge in [0.2, 0.25) is 0 Å². The molecule has 0 amide bonds. The van der Waals surface area contributed by atoms with Crippen LogP contribution in [0.1, 0.15) is 13.8 Å². The monoisotopic (exact) mass is 156 g/mol. The van der Waals surface area contributed by atoms with Crippen molar-refractivity contribution >= 4 is 0 Å². The highest BCUT2D eigenvalue weighted by atomic mass is 16.5. The van der Waals surface area contributed by atoms with E-state index in [1.165, 1.54) is 6.54 Å². The summed E-state index contributed by atoms with van der Waals surface area (Å²) < 4.78 is 5.24. The second kappa shape index (κ2) is 2.44. The maximum Gasteiger partial charge on any atom is 0.120 e. The molecule has 11 heavy (non-hydrogen) atoms. The lowest BCUT2D eigenvalue weighted by molar-refractivity contribution is -0.143. The molecule has 2 heterocycles. The Labute approximate surface area is 67.7 Å². The van der Waals surface area contributed by atoms with Crippen LogP contribution in [-0.2, 0) is 4.74 Å². The Morgan fingerprint density at radius 2 is 2.18 bits per heavy atom. The number of nitrogens with zero attached hydrogens (tertiary/aromatic N) is 1. The van der Waals surface area contributed by atoms with Crippen molar-refractivity contribution in [1.29, 1.82) is 0 Å². The molecule has 1 spiro atoms. The highest BCUT2D eigenvalue weighted by molar-refractivity contribution is 5.00. The van der Waals surface area contributed by atoms with Gasteiger partial charge in [0.15, 0.2) is 0 Å². The molecule has 0 aromatic heterocycles. The largest absolute Gasteiger partial charge is 0.375 e. The van der Waals surface area contributed by atoms with Crippen molar-refractivity contribution in [3.05, 3.63) is 0 Å². The van der Waals surface area contributed by atoms with E-state index in [-0.39, 0.29) is 5.66 Å². The third-order valence-corrected chi connectivity index (χ3v) is 2.66. The molecule has 3 nitrogen and oxygen atoms in total. The Kier molecular flexibility index (Phi) is 1.67. The minimum Gasteiger partial charge on any atom is -0.375 e. The van der Waals surface area contributed by atoms with Crippen molar-refractivity contribution in [2.24, 2.45) is 0 Å².